The zero-order chi connectivity index (χ0) is 23.0. The van der Waals surface area contributed by atoms with Gasteiger partial charge in [0.1, 0.15) is 16.5 Å². The van der Waals surface area contributed by atoms with Gasteiger partial charge in [-0.05, 0) is 37.3 Å². The molecule has 31 heavy (non-hydrogen) atoms. The van der Waals surface area contributed by atoms with Crippen LogP contribution in [0.5, 0.6) is 5.75 Å². The Bertz CT molecular complexity index is 1040. The van der Waals surface area contributed by atoms with Gasteiger partial charge in [-0.25, -0.2) is 17.6 Å². The molecule has 2 aromatic rings. The number of para-hydroxylation sites is 2. The van der Waals surface area contributed by atoms with E-state index >= 15 is 0 Å². The van der Waals surface area contributed by atoms with Crippen LogP contribution >= 0.6 is 0 Å². The summed E-state index contributed by atoms with van der Waals surface area (Å²) in [7, 11) is -4.11. The van der Waals surface area contributed by atoms with Crippen LogP contribution in [0.2, 0.25) is 0 Å². The van der Waals surface area contributed by atoms with E-state index in [-0.39, 0.29) is 18.7 Å². The number of nitrogens with one attached hydrogen (secondary N) is 1. The minimum atomic E-state index is -4.11. The highest BCUT2D eigenvalue weighted by atomic mass is 32.2. The molecule has 0 heterocycles. The molecule has 1 N–H and O–H groups in total. The molecular formula is C21H25FN2O6S. The van der Waals surface area contributed by atoms with Crippen LogP contribution in [-0.4, -0.2) is 50.9 Å². The van der Waals surface area contributed by atoms with Crippen molar-refractivity contribution in [2.45, 2.75) is 25.7 Å². The van der Waals surface area contributed by atoms with Gasteiger partial charge < -0.3 is 14.8 Å². The number of hydrogen-bond donors (Lipinski definition) is 1. The minimum Gasteiger partial charge on any atom is -0.492 e. The number of hydrogen-bond acceptors (Lipinski definition) is 6. The molecule has 0 atom stereocenters. The Morgan fingerprint density at radius 3 is 2.39 bits per heavy atom. The quantitative estimate of drug-likeness (QED) is 0.556. The lowest BCUT2D eigenvalue weighted by atomic mass is 10.2. The fourth-order valence-corrected chi connectivity index (χ4v) is 4.33. The Morgan fingerprint density at radius 2 is 1.74 bits per heavy atom. The number of esters is 1. The summed E-state index contributed by atoms with van der Waals surface area (Å²) in [6, 6.07) is 9.66. The normalized spacial score (nSPS) is 11.3. The predicted octanol–water partition coefficient (Wildman–Crippen LogP) is 3.05. The van der Waals surface area contributed by atoms with Crippen LogP contribution in [0.4, 0.5) is 10.1 Å². The molecule has 0 unspecified atom stereocenters. The molecule has 0 saturated carbocycles. The minimum absolute atomic E-state index is 0.149. The highest BCUT2D eigenvalue weighted by Crippen LogP contribution is 2.24. The maximum atomic E-state index is 14.2. The molecule has 10 heteroatoms. The summed E-state index contributed by atoms with van der Waals surface area (Å²) in [6.07, 6.45) is 0. The molecule has 0 saturated heterocycles. The summed E-state index contributed by atoms with van der Waals surface area (Å²) in [5.41, 5.74) is 0.231. The van der Waals surface area contributed by atoms with E-state index < -0.39 is 39.2 Å². The third-order valence-corrected chi connectivity index (χ3v) is 6.35. The van der Waals surface area contributed by atoms with Gasteiger partial charge in [-0.15, -0.1) is 0 Å². The van der Waals surface area contributed by atoms with Crippen molar-refractivity contribution in [3.05, 3.63) is 53.8 Å². The molecule has 168 valence electrons. The molecule has 2 aromatic carbocycles. The first-order valence-electron chi connectivity index (χ1n) is 9.73. The molecule has 2 rings (SSSR count). The van der Waals surface area contributed by atoms with Crippen LogP contribution in [0.3, 0.4) is 0 Å². The van der Waals surface area contributed by atoms with E-state index in [1.807, 2.05) is 0 Å². The first kappa shape index (κ1) is 24.3. The summed E-state index contributed by atoms with van der Waals surface area (Å²) in [5.74, 6) is -2.08. The first-order chi connectivity index (χ1) is 14.7. The van der Waals surface area contributed by atoms with Gasteiger partial charge in [0, 0.05) is 13.1 Å². The van der Waals surface area contributed by atoms with E-state index in [2.05, 4.69) is 5.32 Å². The number of nitrogens with zero attached hydrogens (tertiary/aromatic N) is 1. The molecule has 0 aliphatic carbocycles. The number of halogens is 1. The number of carbonyl (C=O) groups excluding carboxylic acids is 2. The van der Waals surface area contributed by atoms with Gasteiger partial charge in [-0.2, -0.15) is 4.31 Å². The lowest BCUT2D eigenvalue weighted by Gasteiger charge is -2.19. The zero-order valence-electron chi connectivity index (χ0n) is 17.6. The second-order valence-electron chi connectivity index (χ2n) is 6.29. The first-order valence-corrected chi connectivity index (χ1v) is 11.2. The van der Waals surface area contributed by atoms with E-state index in [4.69, 9.17) is 9.47 Å². The maximum absolute atomic E-state index is 14.2. The Balaban J connectivity index is 2.10. The van der Waals surface area contributed by atoms with Crippen LogP contribution in [0.25, 0.3) is 0 Å². The van der Waals surface area contributed by atoms with Gasteiger partial charge in [0.05, 0.1) is 17.9 Å². The highest BCUT2D eigenvalue weighted by molar-refractivity contribution is 7.89. The number of anilines is 1. The van der Waals surface area contributed by atoms with Gasteiger partial charge in [0.2, 0.25) is 10.0 Å². The average molecular weight is 453 g/mol. The van der Waals surface area contributed by atoms with Crippen molar-refractivity contribution in [3.8, 4) is 5.75 Å². The van der Waals surface area contributed by atoms with E-state index in [1.165, 1.54) is 0 Å². The van der Waals surface area contributed by atoms with Gasteiger partial charge >= 0.3 is 5.97 Å². The molecule has 0 aliphatic heterocycles. The third-order valence-electron chi connectivity index (χ3n) is 4.29. The van der Waals surface area contributed by atoms with E-state index in [0.29, 0.717) is 18.0 Å². The van der Waals surface area contributed by atoms with Crippen molar-refractivity contribution >= 4 is 27.6 Å². The van der Waals surface area contributed by atoms with Crippen molar-refractivity contribution in [3.63, 3.8) is 0 Å². The molecule has 0 aromatic heterocycles. The lowest BCUT2D eigenvalue weighted by molar-refractivity contribution is -0.119. The van der Waals surface area contributed by atoms with Gasteiger partial charge in [-0.1, -0.05) is 26.0 Å². The largest absolute Gasteiger partial charge is 0.492 e. The van der Waals surface area contributed by atoms with Gasteiger partial charge in [0.15, 0.2) is 6.61 Å². The molecule has 8 nitrogen and oxygen atoms in total. The Labute approximate surface area is 181 Å². The van der Waals surface area contributed by atoms with Gasteiger partial charge in [0.25, 0.3) is 5.91 Å². The monoisotopic (exact) mass is 452 g/mol. The molecule has 0 spiro atoms. The Morgan fingerprint density at radius 1 is 1.06 bits per heavy atom. The van der Waals surface area contributed by atoms with Crippen LogP contribution in [0.1, 0.15) is 31.1 Å². The zero-order valence-corrected chi connectivity index (χ0v) is 18.4. The summed E-state index contributed by atoms with van der Waals surface area (Å²) >= 11 is 0. The second-order valence-corrected chi connectivity index (χ2v) is 8.19. The summed E-state index contributed by atoms with van der Waals surface area (Å²) < 4.78 is 50.8. The number of sulfonamides is 1. The molecule has 1 amide bonds. The van der Waals surface area contributed by atoms with Crippen molar-refractivity contribution in [2.24, 2.45) is 0 Å². The van der Waals surface area contributed by atoms with Crippen molar-refractivity contribution in [1.29, 1.82) is 0 Å². The van der Waals surface area contributed by atoms with E-state index in [0.717, 1.165) is 22.5 Å². The van der Waals surface area contributed by atoms with Crippen molar-refractivity contribution in [2.75, 3.05) is 31.6 Å². The molecule has 0 fully saturated rings. The van der Waals surface area contributed by atoms with E-state index in [1.54, 1.807) is 45.0 Å². The van der Waals surface area contributed by atoms with Crippen molar-refractivity contribution < 1.29 is 31.9 Å². The smallest absolute Gasteiger partial charge is 0.338 e. The molecule has 0 aliphatic rings. The van der Waals surface area contributed by atoms with Crippen LogP contribution < -0.4 is 10.1 Å². The van der Waals surface area contributed by atoms with Crippen molar-refractivity contribution in [1.82, 2.24) is 4.31 Å². The lowest BCUT2D eigenvalue weighted by Crippen LogP contribution is -2.31. The number of carbonyl (C=O) groups is 2. The molecule has 0 radical (unpaired) electrons. The topological polar surface area (TPSA) is 102 Å². The summed E-state index contributed by atoms with van der Waals surface area (Å²) in [5, 5.41) is 2.57. The number of benzene rings is 2. The van der Waals surface area contributed by atoms with E-state index in [9.17, 15) is 22.4 Å². The van der Waals surface area contributed by atoms with Crippen LogP contribution in [-0.2, 0) is 19.6 Å². The molecule has 0 bridgehead atoms. The van der Waals surface area contributed by atoms with Crippen LogP contribution in [0.15, 0.2) is 47.4 Å². The SMILES string of the molecule is CCOc1ccccc1NC(=O)COC(=O)c1ccc(F)c(S(=O)(=O)N(CC)CC)c1. The maximum Gasteiger partial charge on any atom is 0.338 e. The third kappa shape index (κ3) is 6.02. The molecular weight excluding hydrogens is 427 g/mol. The number of rotatable bonds is 10. The number of ether oxygens (including phenoxy) is 2. The predicted molar refractivity (Wildman–Crippen MR) is 113 cm³/mol. The Kier molecular flexibility index (Phi) is 8.52. The highest BCUT2D eigenvalue weighted by Gasteiger charge is 2.26. The van der Waals surface area contributed by atoms with Gasteiger partial charge in [-0.3, -0.25) is 4.79 Å². The second kappa shape index (κ2) is 10.9. The average Bonchev–Trinajstić information content (AvgIpc) is 2.74. The van der Waals surface area contributed by atoms with Crippen LogP contribution in [0, 0.1) is 5.82 Å². The Hall–Kier alpha value is -2.98. The number of amides is 1. The fraction of sp³-hybridized carbons (Fsp3) is 0.333. The fourth-order valence-electron chi connectivity index (χ4n) is 2.78. The standard InChI is InChI=1S/C21H25FN2O6S/c1-4-24(5-2)31(27,28)19-13-15(11-12-16(19)22)21(26)30-14-20(25)23-17-9-7-8-10-18(17)29-6-3/h7-13H,4-6,14H2,1-3H3,(H,23,25). The summed E-state index contributed by atoms with van der Waals surface area (Å²) in [6.45, 7) is 5.14. The summed E-state index contributed by atoms with van der Waals surface area (Å²) in [4.78, 5) is 23.8.